The lowest BCUT2D eigenvalue weighted by Crippen LogP contribution is -2.28. The van der Waals surface area contributed by atoms with Gasteiger partial charge in [-0.2, -0.15) is 0 Å². The van der Waals surface area contributed by atoms with Gasteiger partial charge in [0, 0.05) is 19.5 Å². The molecule has 72 valence electrons. The van der Waals surface area contributed by atoms with Crippen LogP contribution >= 0.6 is 23.2 Å². The molecule has 1 aromatic heterocycles. The zero-order valence-corrected chi connectivity index (χ0v) is 8.60. The normalized spacial score (nSPS) is 10.1. The number of hydrogen-bond donors (Lipinski definition) is 0. The molecular weight excluding hydrogens is 213 g/mol. The van der Waals surface area contributed by atoms with Crippen LogP contribution in [0.4, 0.5) is 0 Å². The van der Waals surface area contributed by atoms with Crippen LogP contribution in [-0.2, 0) is 0 Å². The zero-order chi connectivity index (χ0) is 9.84. The molecule has 0 aliphatic rings. The number of alkyl halides is 1. The van der Waals surface area contributed by atoms with Gasteiger partial charge >= 0.3 is 0 Å². The molecule has 0 unspecified atom stereocenters. The van der Waals surface area contributed by atoms with Crippen LogP contribution in [0, 0.1) is 0 Å². The molecule has 0 saturated heterocycles. The minimum atomic E-state index is -0.181. The highest BCUT2D eigenvalue weighted by Gasteiger charge is 2.16. The molecular formula is C8H9Cl2NO2. The van der Waals surface area contributed by atoms with Gasteiger partial charge in [-0.25, -0.2) is 0 Å². The first-order valence-electron chi connectivity index (χ1n) is 3.71. The maximum atomic E-state index is 11.5. The van der Waals surface area contributed by atoms with E-state index < -0.39 is 0 Å². The van der Waals surface area contributed by atoms with Gasteiger partial charge in [0.15, 0.2) is 0 Å². The van der Waals surface area contributed by atoms with Crippen LogP contribution in [0.1, 0.15) is 10.4 Å². The van der Waals surface area contributed by atoms with Gasteiger partial charge < -0.3 is 9.32 Å². The summed E-state index contributed by atoms with van der Waals surface area (Å²) in [6.07, 6.45) is 1.38. The number of hydrogen-bond acceptors (Lipinski definition) is 2. The van der Waals surface area contributed by atoms with Gasteiger partial charge in [-0.05, 0) is 17.7 Å². The summed E-state index contributed by atoms with van der Waals surface area (Å²) in [7, 11) is 1.66. The number of furan rings is 1. The largest absolute Gasteiger partial charge is 0.452 e. The van der Waals surface area contributed by atoms with Crippen LogP contribution < -0.4 is 0 Å². The molecule has 0 N–H and O–H groups in total. The minimum Gasteiger partial charge on any atom is -0.452 e. The Morgan fingerprint density at radius 3 is 2.85 bits per heavy atom. The third-order valence-corrected chi connectivity index (χ3v) is 2.08. The average Bonchev–Trinajstić information content (AvgIpc) is 2.50. The monoisotopic (exact) mass is 221 g/mol. The predicted octanol–water partition coefficient (Wildman–Crippen LogP) is 2.24. The van der Waals surface area contributed by atoms with E-state index in [4.69, 9.17) is 27.6 Å². The summed E-state index contributed by atoms with van der Waals surface area (Å²) in [5, 5.41) is 0.117. The number of rotatable bonds is 3. The maximum absolute atomic E-state index is 11.5. The third kappa shape index (κ3) is 2.39. The Kier molecular flexibility index (Phi) is 3.63. The van der Waals surface area contributed by atoms with Gasteiger partial charge in [-0.3, -0.25) is 4.79 Å². The first-order chi connectivity index (χ1) is 6.16. The summed E-state index contributed by atoms with van der Waals surface area (Å²) in [6.45, 7) is 0.488. The van der Waals surface area contributed by atoms with Gasteiger partial charge in [0.25, 0.3) is 5.91 Å². The van der Waals surface area contributed by atoms with Crippen molar-refractivity contribution in [3.63, 3.8) is 0 Å². The summed E-state index contributed by atoms with van der Waals surface area (Å²) >= 11 is 11.1. The van der Waals surface area contributed by atoms with Crippen molar-refractivity contribution in [2.45, 2.75) is 0 Å². The van der Waals surface area contributed by atoms with E-state index in [9.17, 15) is 4.79 Å². The summed E-state index contributed by atoms with van der Waals surface area (Å²) in [4.78, 5) is 13.0. The van der Waals surface area contributed by atoms with Crippen molar-refractivity contribution in [2.75, 3.05) is 19.5 Å². The number of halogens is 2. The van der Waals surface area contributed by atoms with Crippen molar-refractivity contribution >= 4 is 29.1 Å². The smallest absolute Gasteiger partial charge is 0.258 e. The Labute approximate surface area is 86.2 Å². The zero-order valence-electron chi connectivity index (χ0n) is 7.09. The third-order valence-electron chi connectivity index (χ3n) is 1.62. The van der Waals surface area contributed by atoms with E-state index in [1.54, 1.807) is 7.05 Å². The van der Waals surface area contributed by atoms with Gasteiger partial charge in [0.2, 0.25) is 5.22 Å². The molecule has 0 bridgehead atoms. The van der Waals surface area contributed by atoms with E-state index in [0.29, 0.717) is 18.0 Å². The number of carbonyl (C=O) groups excluding carboxylic acids is 1. The van der Waals surface area contributed by atoms with Crippen LogP contribution in [0.2, 0.25) is 5.22 Å². The molecule has 13 heavy (non-hydrogen) atoms. The number of amides is 1. The Bertz CT molecular complexity index is 298. The first kappa shape index (κ1) is 10.4. The molecule has 0 aromatic carbocycles. The lowest BCUT2D eigenvalue weighted by molar-refractivity contribution is 0.0803. The standard InChI is InChI=1S/C8H9Cl2NO2/c1-11(4-3-9)8(12)6-2-5-13-7(6)10/h2,5H,3-4H2,1H3. The highest BCUT2D eigenvalue weighted by atomic mass is 35.5. The lowest BCUT2D eigenvalue weighted by atomic mass is 10.3. The van der Waals surface area contributed by atoms with Crippen LogP contribution in [0.5, 0.6) is 0 Å². The predicted molar refractivity (Wildman–Crippen MR) is 51.4 cm³/mol. The van der Waals surface area contributed by atoms with Crippen LogP contribution in [-0.4, -0.2) is 30.3 Å². The van der Waals surface area contributed by atoms with Crippen molar-refractivity contribution < 1.29 is 9.21 Å². The average molecular weight is 222 g/mol. The topological polar surface area (TPSA) is 33.5 Å². The van der Waals surface area contributed by atoms with E-state index in [1.807, 2.05) is 0 Å². The van der Waals surface area contributed by atoms with Crippen molar-refractivity contribution in [1.82, 2.24) is 4.90 Å². The Hall–Kier alpha value is -0.670. The van der Waals surface area contributed by atoms with Crippen molar-refractivity contribution in [2.24, 2.45) is 0 Å². The number of carbonyl (C=O) groups is 1. The molecule has 3 nitrogen and oxygen atoms in total. The van der Waals surface area contributed by atoms with Crippen LogP contribution in [0.25, 0.3) is 0 Å². The summed E-state index contributed by atoms with van der Waals surface area (Å²) in [5.74, 6) is 0.219. The quantitative estimate of drug-likeness (QED) is 0.735. The summed E-state index contributed by atoms with van der Waals surface area (Å²) in [5.41, 5.74) is 0.370. The molecule has 0 radical (unpaired) electrons. The second-order valence-electron chi connectivity index (χ2n) is 2.52. The molecule has 0 atom stereocenters. The highest BCUT2D eigenvalue weighted by molar-refractivity contribution is 6.32. The number of nitrogens with zero attached hydrogens (tertiary/aromatic N) is 1. The maximum Gasteiger partial charge on any atom is 0.258 e. The minimum absolute atomic E-state index is 0.117. The highest BCUT2D eigenvalue weighted by Crippen LogP contribution is 2.17. The molecule has 0 aliphatic carbocycles. The SMILES string of the molecule is CN(CCCl)C(=O)c1ccoc1Cl. The second kappa shape index (κ2) is 4.53. The van der Waals surface area contributed by atoms with E-state index in [0.717, 1.165) is 0 Å². The molecule has 5 heteroatoms. The van der Waals surface area contributed by atoms with Crippen LogP contribution in [0.3, 0.4) is 0 Å². The summed E-state index contributed by atoms with van der Waals surface area (Å²) in [6, 6.07) is 1.54. The summed E-state index contributed by atoms with van der Waals surface area (Å²) < 4.78 is 4.80. The Morgan fingerprint density at radius 1 is 1.69 bits per heavy atom. The molecule has 0 fully saturated rings. The van der Waals surface area contributed by atoms with Gasteiger partial charge in [-0.15, -0.1) is 11.6 Å². The van der Waals surface area contributed by atoms with Gasteiger partial charge in [0.05, 0.1) is 11.8 Å². The Balaban J connectivity index is 2.73. The van der Waals surface area contributed by atoms with Crippen LogP contribution in [0.15, 0.2) is 16.7 Å². The Morgan fingerprint density at radius 2 is 2.38 bits per heavy atom. The first-order valence-corrected chi connectivity index (χ1v) is 4.62. The van der Waals surface area contributed by atoms with Crippen molar-refractivity contribution in [3.8, 4) is 0 Å². The van der Waals surface area contributed by atoms with E-state index in [2.05, 4.69) is 0 Å². The van der Waals surface area contributed by atoms with E-state index >= 15 is 0 Å². The lowest BCUT2D eigenvalue weighted by Gasteiger charge is -2.13. The van der Waals surface area contributed by atoms with Gasteiger partial charge in [0.1, 0.15) is 0 Å². The van der Waals surface area contributed by atoms with Gasteiger partial charge in [-0.1, -0.05) is 0 Å². The van der Waals surface area contributed by atoms with E-state index in [1.165, 1.54) is 17.2 Å². The fourth-order valence-corrected chi connectivity index (χ4v) is 1.33. The van der Waals surface area contributed by atoms with E-state index in [-0.39, 0.29) is 11.1 Å². The fourth-order valence-electron chi connectivity index (χ4n) is 0.880. The fraction of sp³-hybridized carbons (Fsp3) is 0.375. The van der Waals surface area contributed by atoms with Crippen molar-refractivity contribution in [3.05, 3.63) is 23.1 Å². The molecule has 1 heterocycles. The molecule has 0 aliphatic heterocycles. The molecule has 0 spiro atoms. The second-order valence-corrected chi connectivity index (χ2v) is 3.24. The molecule has 1 aromatic rings. The molecule has 0 saturated carbocycles. The molecule has 1 rings (SSSR count). The van der Waals surface area contributed by atoms with Crippen molar-refractivity contribution in [1.29, 1.82) is 0 Å². The molecule has 1 amide bonds.